The summed E-state index contributed by atoms with van der Waals surface area (Å²) in [6, 6.07) is 7.20. The van der Waals surface area contributed by atoms with Gasteiger partial charge in [0.1, 0.15) is 36.5 Å². The first-order valence-electron chi connectivity index (χ1n) is 26.4. The lowest BCUT2D eigenvalue weighted by Crippen LogP contribution is -2.57. The van der Waals surface area contributed by atoms with Crippen molar-refractivity contribution in [2.75, 3.05) is 20.3 Å². The monoisotopic (exact) mass is 1060 g/mol. The Morgan fingerprint density at radius 2 is 1.36 bits per heavy atom. The van der Waals surface area contributed by atoms with E-state index < -0.39 is 134 Å². The van der Waals surface area contributed by atoms with E-state index in [0.717, 1.165) is 43.7 Å². The van der Waals surface area contributed by atoms with E-state index in [1.54, 1.807) is 59.8 Å². The number of phenols is 1. The van der Waals surface area contributed by atoms with Crippen LogP contribution in [-0.4, -0.2) is 147 Å². The largest absolute Gasteiger partial charge is 0.508 e. The van der Waals surface area contributed by atoms with Crippen molar-refractivity contribution in [3.8, 4) is 5.75 Å². The summed E-state index contributed by atoms with van der Waals surface area (Å²) in [6.07, 6.45) is 7.51. The molecule has 0 unspecified atom stereocenters. The highest BCUT2D eigenvalue weighted by Gasteiger charge is 2.37. The summed E-state index contributed by atoms with van der Waals surface area (Å²) < 4.78 is 5.66. The molecule has 0 saturated carbocycles. The van der Waals surface area contributed by atoms with Crippen LogP contribution in [0.15, 0.2) is 78.9 Å². The van der Waals surface area contributed by atoms with Crippen LogP contribution in [0.3, 0.4) is 0 Å². The fraction of sp³-hybridized carbons (Fsp3) is 0.571. The number of likely N-dealkylation sites (N-methyl/N-ethyl adjacent to an activating group) is 1. The number of benzene rings is 2. The second kappa shape index (κ2) is 32.7. The van der Waals surface area contributed by atoms with Crippen molar-refractivity contribution in [3.05, 3.63) is 90.0 Å². The van der Waals surface area contributed by atoms with Crippen LogP contribution >= 0.6 is 0 Å². The van der Waals surface area contributed by atoms with Crippen LogP contribution in [0.1, 0.15) is 111 Å². The van der Waals surface area contributed by atoms with Crippen molar-refractivity contribution < 1.29 is 63.5 Å². The predicted octanol–water partition coefficient (Wildman–Crippen LogP) is 2.41. The van der Waals surface area contributed by atoms with Gasteiger partial charge in [0.15, 0.2) is 0 Å². The Balaban J connectivity index is 1.67. The van der Waals surface area contributed by atoms with E-state index in [-0.39, 0.29) is 36.8 Å². The smallest absolute Gasteiger partial charge is 0.329 e. The minimum Gasteiger partial charge on any atom is -0.508 e. The van der Waals surface area contributed by atoms with Crippen molar-refractivity contribution in [1.82, 2.24) is 36.8 Å². The van der Waals surface area contributed by atoms with Gasteiger partial charge >= 0.3 is 5.97 Å². The van der Waals surface area contributed by atoms with Crippen LogP contribution in [0.5, 0.6) is 5.75 Å². The lowest BCUT2D eigenvalue weighted by molar-refractivity contribution is -0.156. The first-order valence-corrected chi connectivity index (χ1v) is 26.4. The molecule has 1 aliphatic heterocycles. The van der Waals surface area contributed by atoms with E-state index in [2.05, 4.69) is 38.8 Å². The molecule has 3 rings (SSSR count). The molecule has 0 fully saturated rings. The molecule has 1 aliphatic rings. The number of phenolic OH excluding ortho intramolecular Hbond substituents is 1. The summed E-state index contributed by atoms with van der Waals surface area (Å²) in [5, 5.41) is 58.5. The molecule has 0 spiro atoms. The molecule has 0 aliphatic carbocycles. The Kier molecular flexibility index (Phi) is 27.4. The quantitative estimate of drug-likeness (QED) is 0.0333. The van der Waals surface area contributed by atoms with Crippen LogP contribution in [0.2, 0.25) is 0 Å². The highest BCUT2D eigenvalue weighted by atomic mass is 16.5. The number of cyclic esters (lactones) is 1. The zero-order valence-corrected chi connectivity index (χ0v) is 45.3. The summed E-state index contributed by atoms with van der Waals surface area (Å²) in [4.78, 5) is 109. The molecule has 2 aromatic carbocycles. The molecule has 0 radical (unpaired) electrons. The van der Waals surface area contributed by atoms with E-state index in [0.29, 0.717) is 5.56 Å². The summed E-state index contributed by atoms with van der Waals surface area (Å²) in [5.41, 5.74) is 1.42. The molecule has 20 nitrogen and oxygen atoms in total. The average Bonchev–Trinajstić information content (AvgIpc) is 3.37. The molecular formula is C56H83N7O13. The van der Waals surface area contributed by atoms with Gasteiger partial charge in [0.2, 0.25) is 41.4 Å². The molecule has 1 heterocycles. The van der Waals surface area contributed by atoms with E-state index in [1.807, 2.05) is 36.4 Å². The number of ether oxygens (including phenoxy) is 1. The highest BCUT2D eigenvalue weighted by molar-refractivity contribution is 5.95. The fourth-order valence-corrected chi connectivity index (χ4v) is 8.36. The number of unbranched alkanes of at least 4 members (excludes halogenated alkanes) is 4. The van der Waals surface area contributed by atoms with Crippen LogP contribution in [0.4, 0.5) is 0 Å². The first kappa shape index (κ1) is 63.7. The molecule has 2 aromatic rings. The number of carbonyl (C=O) groups is 8. The van der Waals surface area contributed by atoms with Gasteiger partial charge in [-0.25, -0.2) is 4.79 Å². The van der Waals surface area contributed by atoms with E-state index >= 15 is 0 Å². The number of rotatable bonds is 28. The topological polar surface area (TPSA) is 302 Å². The number of esters is 1. The number of allylic oxidation sites excluding steroid dienone is 1. The number of hydrogen-bond acceptors (Lipinski definition) is 13. The third kappa shape index (κ3) is 21.9. The summed E-state index contributed by atoms with van der Waals surface area (Å²) in [7, 11) is 1.42. The number of carbonyl (C=O) groups excluding carboxylic acids is 8. The van der Waals surface area contributed by atoms with Gasteiger partial charge in [-0.15, -0.1) is 0 Å². The second-order valence-corrected chi connectivity index (χ2v) is 20.5. The normalized spacial score (nSPS) is 19.3. The SMILES string of the molecule is CCCCCC/C=C\CC(=O)N[C@@H](Cc1ccccc1)[C@@H](O)CC(=O)N[C@H](C(=O)N[C@@H](CO)[C@@H](O)CC(=O)N[C@H](C(=O)N[C@@H]1/C=C/C(=O)N[C@@H](C(C)C)C(=O)N(C)[C@@H](Cc2ccc(O)cc2)C(=O)OC1)C(C)C)C(C)C. The van der Waals surface area contributed by atoms with Crippen LogP contribution in [0, 0.1) is 17.8 Å². The number of nitrogens with one attached hydrogen (secondary N) is 6. The maximum Gasteiger partial charge on any atom is 0.329 e. The molecule has 420 valence electrons. The van der Waals surface area contributed by atoms with E-state index in [4.69, 9.17) is 4.74 Å². The summed E-state index contributed by atoms with van der Waals surface area (Å²) >= 11 is 0. The standard InChI is InChI=1S/C56H83N7O13/c1-9-10-11-12-13-14-18-21-46(68)58-41(28-37-19-16-15-17-20-37)44(66)30-48(70)62-51(35(4)5)54(73)59-42(32-64)45(67)31-49(71)61-50(34(2)3)53(72)57-39-24-27-47(69)60-52(36(6)7)55(74)63(8)43(56(75)76-33-39)29-38-22-25-40(65)26-23-38/h14-20,22-27,34-36,39,41-45,50-52,64-67H,9-13,21,28-33H2,1-8H3,(H,57,72)(H,58,68)(H,59,73)(H,60,69)(H,61,71)(H,62,70)/b18-14-,27-24+/t39-,41+,42+,43+,44+,45+,50+,51+,52+/m1/s1. The van der Waals surface area contributed by atoms with Crippen LogP contribution < -0.4 is 31.9 Å². The third-order valence-corrected chi connectivity index (χ3v) is 13.0. The maximum atomic E-state index is 13.9. The van der Waals surface area contributed by atoms with Gasteiger partial charge in [0.05, 0.1) is 49.8 Å². The molecule has 10 N–H and O–H groups in total. The van der Waals surface area contributed by atoms with E-state index in [9.17, 15) is 58.8 Å². The Morgan fingerprint density at radius 1 is 0.750 bits per heavy atom. The fourth-order valence-electron chi connectivity index (χ4n) is 8.36. The third-order valence-electron chi connectivity index (χ3n) is 13.0. The Hall–Kier alpha value is -6.64. The Morgan fingerprint density at radius 3 is 1.93 bits per heavy atom. The predicted molar refractivity (Wildman–Crippen MR) is 286 cm³/mol. The summed E-state index contributed by atoms with van der Waals surface area (Å²) in [5.74, 6) is -6.87. The molecular weight excluding hydrogens is 979 g/mol. The first-order chi connectivity index (χ1) is 36.0. The van der Waals surface area contributed by atoms with Crippen molar-refractivity contribution in [3.63, 3.8) is 0 Å². The number of nitrogens with zero attached hydrogens (tertiary/aromatic N) is 1. The molecule has 9 atom stereocenters. The molecule has 0 bridgehead atoms. The Labute approximate surface area is 447 Å². The zero-order valence-electron chi connectivity index (χ0n) is 45.3. The number of amides is 7. The lowest BCUT2D eigenvalue weighted by atomic mass is 9.97. The molecule has 0 aromatic heterocycles. The number of aromatic hydroxyl groups is 1. The van der Waals surface area contributed by atoms with Crippen LogP contribution in [0.25, 0.3) is 0 Å². The van der Waals surface area contributed by atoms with Gasteiger partial charge in [0.25, 0.3) is 0 Å². The van der Waals surface area contributed by atoms with E-state index in [1.165, 1.54) is 30.2 Å². The number of aliphatic hydroxyl groups is 3. The zero-order chi connectivity index (χ0) is 56.5. The van der Waals surface area contributed by atoms with Gasteiger partial charge in [-0.1, -0.05) is 128 Å². The maximum absolute atomic E-state index is 13.9. The molecule has 76 heavy (non-hydrogen) atoms. The Bertz CT molecular complexity index is 2260. The summed E-state index contributed by atoms with van der Waals surface area (Å²) in [6.45, 7) is 10.9. The number of hydrogen-bond donors (Lipinski definition) is 10. The lowest BCUT2D eigenvalue weighted by Gasteiger charge is -2.32. The minimum absolute atomic E-state index is 0.00171. The van der Waals surface area contributed by atoms with Crippen LogP contribution in [-0.2, 0) is 55.9 Å². The van der Waals surface area contributed by atoms with Gasteiger partial charge in [-0.3, -0.25) is 33.6 Å². The molecule has 7 amide bonds. The van der Waals surface area contributed by atoms with Gasteiger partial charge in [0, 0.05) is 26.0 Å². The average molecular weight is 1060 g/mol. The van der Waals surface area contributed by atoms with Gasteiger partial charge in [-0.2, -0.15) is 0 Å². The van der Waals surface area contributed by atoms with Gasteiger partial charge in [-0.05, 0) is 60.3 Å². The minimum atomic E-state index is -1.69. The van der Waals surface area contributed by atoms with Crippen molar-refractivity contribution >= 4 is 47.3 Å². The molecule has 20 heteroatoms. The number of aliphatic hydroxyl groups excluding tert-OH is 3. The van der Waals surface area contributed by atoms with Gasteiger partial charge < -0.3 is 62.0 Å². The highest BCUT2D eigenvalue weighted by Crippen LogP contribution is 2.18. The molecule has 0 saturated heterocycles. The van der Waals surface area contributed by atoms with Crippen molar-refractivity contribution in [2.45, 2.75) is 167 Å². The second-order valence-electron chi connectivity index (χ2n) is 20.5. The van der Waals surface area contributed by atoms with Crippen molar-refractivity contribution in [2.24, 2.45) is 17.8 Å². The van der Waals surface area contributed by atoms with Crippen molar-refractivity contribution in [1.29, 1.82) is 0 Å².